The van der Waals surface area contributed by atoms with Crippen molar-refractivity contribution >= 4 is 56.5 Å². The number of fused-ring (bicyclic) bond motifs is 3. The number of carbonyl (C=O) groups excluding carboxylic acids is 1. The van der Waals surface area contributed by atoms with Crippen molar-refractivity contribution in [2.24, 2.45) is 0 Å². The monoisotopic (exact) mass is 542 g/mol. The number of hydrogen-bond donors (Lipinski definition) is 0. The second kappa shape index (κ2) is 10.5. The molecule has 3 heterocycles. The quantitative estimate of drug-likeness (QED) is 0.326. The SMILES string of the molecule is O=C(c1ccc(Cl)cc1Cl)N1CCN(c2nc(C3CCCCC3)nc3sc4c(c23)CCCCC4)CC1. The number of amides is 1. The zero-order valence-corrected chi connectivity index (χ0v) is 22.9. The Hall–Kier alpha value is -1.89. The van der Waals surface area contributed by atoms with Crippen LogP contribution in [0.3, 0.4) is 0 Å². The van der Waals surface area contributed by atoms with Crippen LogP contribution in [0, 0.1) is 0 Å². The van der Waals surface area contributed by atoms with E-state index in [9.17, 15) is 4.79 Å². The van der Waals surface area contributed by atoms with Gasteiger partial charge in [0, 0.05) is 42.0 Å². The molecular weight excluding hydrogens is 511 g/mol. The molecule has 1 saturated carbocycles. The molecule has 1 saturated heterocycles. The Labute approximate surface area is 226 Å². The average Bonchev–Trinajstić information content (AvgIpc) is 3.09. The van der Waals surface area contributed by atoms with E-state index in [-0.39, 0.29) is 5.91 Å². The van der Waals surface area contributed by atoms with Crippen molar-refractivity contribution in [3.63, 3.8) is 0 Å². The first kappa shape index (κ1) is 24.4. The van der Waals surface area contributed by atoms with Gasteiger partial charge in [-0.3, -0.25) is 4.79 Å². The summed E-state index contributed by atoms with van der Waals surface area (Å²) in [4.78, 5) is 30.7. The number of carbonyl (C=O) groups is 1. The second-order valence-electron chi connectivity index (χ2n) is 10.4. The predicted molar refractivity (Wildman–Crippen MR) is 149 cm³/mol. The number of aryl methyl sites for hydroxylation is 2. The van der Waals surface area contributed by atoms with Crippen LogP contribution in [0.25, 0.3) is 10.2 Å². The average molecular weight is 544 g/mol. The van der Waals surface area contributed by atoms with Crippen LogP contribution in [-0.2, 0) is 12.8 Å². The van der Waals surface area contributed by atoms with E-state index >= 15 is 0 Å². The van der Waals surface area contributed by atoms with Gasteiger partial charge in [0.15, 0.2) is 0 Å². The molecule has 1 amide bonds. The third-order valence-corrected chi connectivity index (χ3v) is 9.79. The Balaban J connectivity index is 1.31. The minimum absolute atomic E-state index is 0.0311. The molecule has 3 aliphatic rings. The highest BCUT2D eigenvalue weighted by molar-refractivity contribution is 7.19. The Kier molecular flexibility index (Phi) is 7.11. The first-order valence-electron chi connectivity index (χ1n) is 13.4. The van der Waals surface area contributed by atoms with Gasteiger partial charge in [-0.15, -0.1) is 11.3 Å². The van der Waals surface area contributed by atoms with Crippen molar-refractivity contribution in [3.05, 3.63) is 50.1 Å². The molecule has 1 aliphatic heterocycles. The van der Waals surface area contributed by atoms with Gasteiger partial charge in [-0.05, 0) is 62.3 Å². The highest BCUT2D eigenvalue weighted by Gasteiger charge is 2.29. The van der Waals surface area contributed by atoms with Gasteiger partial charge in [0.1, 0.15) is 16.5 Å². The summed E-state index contributed by atoms with van der Waals surface area (Å²) >= 11 is 14.3. The van der Waals surface area contributed by atoms with E-state index in [4.69, 9.17) is 33.2 Å². The van der Waals surface area contributed by atoms with Gasteiger partial charge in [0.05, 0.1) is 16.0 Å². The van der Waals surface area contributed by atoms with Crippen molar-refractivity contribution in [1.82, 2.24) is 14.9 Å². The lowest BCUT2D eigenvalue weighted by atomic mass is 9.88. The molecular formula is C28H32Cl2N4OS. The zero-order chi connectivity index (χ0) is 24.6. The van der Waals surface area contributed by atoms with Gasteiger partial charge in [0.2, 0.25) is 0 Å². The number of nitrogens with zero attached hydrogens (tertiary/aromatic N) is 4. The molecule has 5 nitrogen and oxygen atoms in total. The number of thiophene rings is 1. The van der Waals surface area contributed by atoms with Crippen LogP contribution >= 0.6 is 34.5 Å². The van der Waals surface area contributed by atoms with Gasteiger partial charge in [-0.1, -0.05) is 48.9 Å². The number of aromatic nitrogens is 2. The molecule has 0 spiro atoms. The Morgan fingerprint density at radius 3 is 2.44 bits per heavy atom. The molecule has 6 rings (SSSR count). The lowest BCUT2D eigenvalue weighted by Gasteiger charge is -2.36. The molecule has 0 radical (unpaired) electrons. The highest BCUT2D eigenvalue weighted by atomic mass is 35.5. The second-order valence-corrected chi connectivity index (χ2v) is 12.3. The van der Waals surface area contributed by atoms with Crippen LogP contribution in [0.4, 0.5) is 5.82 Å². The van der Waals surface area contributed by atoms with Gasteiger partial charge in [-0.25, -0.2) is 9.97 Å². The molecule has 0 bridgehead atoms. The minimum atomic E-state index is -0.0311. The number of halogens is 2. The molecule has 2 fully saturated rings. The first-order valence-corrected chi connectivity index (χ1v) is 15.0. The molecule has 1 aromatic carbocycles. The maximum absolute atomic E-state index is 13.2. The summed E-state index contributed by atoms with van der Waals surface area (Å²) in [5, 5.41) is 2.24. The minimum Gasteiger partial charge on any atom is -0.352 e. The van der Waals surface area contributed by atoms with Crippen LogP contribution in [-0.4, -0.2) is 47.0 Å². The molecule has 3 aromatic rings. The lowest BCUT2D eigenvalue weighted by molar-refractivity contribution is 0.0747. The summed E-state index contributed by atoms with van der Waals surface area (Å²) in [5.41, 5.74) is 2.01. The van der Waals surface area contributed by atoms with E-state index in [2.05, 4.69) is 4.90 Å². The summed E-state index contributed by atoms with van der Waals surface area (Å²) in [5.74, 6) is 2.59. The largest absolute Gasteiger partial charge is 0.352 e. The van der Waals surface area contributed by atoms with Gasteiger partial charge in [-0.2, -0.15) is 0 Å². The molecule has 8 heteroatoms. The third-order valence-electron chi connectivity index (χ3n) is 8.06. The predicted octanol–water partition coefficient (Wildman–Crippen LogP) is 7.28. The normalized spacial score (nSPS) is 19.4. The van der Waals surface area contributed by atoms with Crippen LogP contribution in [0.2, 0.25) is 10.0 Å². The first-order chi connectivity index (χ1) is 17.6. The number of benzene rings is 1. The third kappa shape index (κ3) is 4.72. The number of rotatable bonds is 3. The Morgan fingerprint density at radius 1 is 0.917 bits per heavy atom. The standard InChI is InChI=1S/C28H32Cl2N4OS/c29-19-11-12-20(22(30)17-19)28(35)34-15-13-33(14-16-34)26-24-21-9-5-2-6-10-23(21)36-27(24)32-25(31-26)18-7-3-1-4-8-18/h11-12,17-18H,1-10,13-16H2. The van der Waals surface area contributed by atoms with E-state index < -0.39 is 0 Å². The summed E-state index contributed by atoms with van der Waals surface area (Å²) < 4.78 is 0. The summed E-state index contributed by atoms with van der Waals surface area (Å²) in [7, 11) is 0. The fraction of sp³-hybridized carbons (Fsp3) is 0.536. The molecule has 2 aromatic heterocycles. The summed E-state index contributed by atoms with van der Waals surface area (Å²) in [6.45, 7) is 2.82. The number of anilines is 1. The van der Waals surface area contributed by atoms with Crippen molar-refractivity contribution in [2.75, 3.05) is 31.1 Å². The van der Waals surface area contributed by atoms with Crippen molar-refractivity contribution in [1.29, 1.82) is 0 Å². The van der Waals surface area contributed by atoms with E-state index in [0.717, 1.165) is 31.2 Å². The number of piperazine rings is 1. The number of hydrogen-bond acceptors (Lipinski definition) is 5. The maximum atomic E-state index is 13.2. The van der Waals surface area contributed by atoms with Crippen molar-refractivity contribution in [2.45, 2.75) is 70.1 Å². The molecule has 2 aliphatic carbocycles. The van der Waals surface area contributed by atoms with Crippen molar-refractivity contribution < 1.29 is 4.79 Å². The summed E-state index contributed by atoms with van der Waals surface area (Å²) in [6, 6.07) is 5.09. The molecule has 0 N–H and O–H groups in total. The van der Waals surface area contributed by atoms with Gasteiger partial charge < -0.3 is 9.80 Å². The van der Waals surface area contributed by atoms with Crippen LogP contribution in [0.1, 0.15) is 83.9 Å². The van der Waals surface area contributed by atoms with Crippen LogP contribution in [0.5, 0.6) is 0 Å². The van der Waals surface area contributed by atoms with E-state index in [0.29, 0.717) is 34.6 Å². The van der Waals surface area contributed by atoms with E-state index in [1.807, 2.05) is 16.2 Å². The van der Waals surface area contributed by atoms with Crippen LogP contribution in [0.15, 0.2) is 18.2 Å². The van der Waals surface area contributed by atoms with E-state index in [1.54, 1.807) is 18.2 Å². The lowest BCUT2D eigenvalue weighted by Crippen LogP contribution is -2.49. The molecule has 190 valence electrons. The van der Waals surface area contributed by atoms with E-state index in [1.165, 1.54) is 78.4 Å². The molecule has 0 unspecified atom stereocenters. The van der Waals surface area contributed by atoms with Gasteiger partial charge >= 0.3 is 0 Å². The fourth-order valence-electron chi connectivity index (χ4n) is 6.06. The van der Waals surface area contributed by atoms with Crippen LogP contribution < -0.4 is 4.90 Å². The molecule has 0 atom stereocenters. The van der Waals surface area contributed by atoms with Crippen molar-refractivity contribution in [3.8, 4) is 0 Å². The van der Waals surface area contributed by atoms with Gasteiger partial charge in [0.25, 0.3) is 5.91 Å². The molecule has 36 heavy (non-hydrogen) atoms. The fourth-order valence-corrected chi connectivity index (χ4v) is 7.81. The topological polar surface area (TPSA) is 49.3 Å². The zero-order valence-electron chi connectivity index (χ0n) is 20.6. The smallest absolute Gasteiger partial charge is 0.255 e. The maximum Gasteiger partial charge on any atom is 0.255 e. The summed E-state index contributed by atoms with van der Waals surface area (Å²) in [6.07, 6.45) is 12.4. The highest BCUT2D eigenvalue weighted by Crippen LogP contribution is 2.41. The Bertz CT molecular complexity index is 1280. The Morgan fingerprint density at radius 2 is 1.67 bits per heavy atom.